The SMILES string of the molecule is CCCCCCCCCOc1ccc([C@H](C)O)cc1. The third kappa shape index (κ3) is 7.22. The molecule has 1 rings (SSSR count). The molecule has 1 N–H and O–H groups in total. The Morgan fingerprint density at radius 2 is 1.53 bits per heavy atom. The average Bonchev–Trinajstić information content (AvgIpc) is 2.42. The molecule has 0 bridgehead atoms. The molecule has 0 aliphatic heterocycles. The van der Waals surface area contributed by atoms with Crippen LogP contribution in [0.25, 0.3) is 0 Å². The molecule has 0 saturated heterocycles. The van der Waals surface area contributed by atoms with E-state index < -0.39 is 6.10 Å². The lowest BCUT2D eigenvalue weighted by Gasteiger charge is -2.08. The Labute approximate surface area is 117 Å². The zero-order chi connectivity index (χ0) is 13.9. The molecule has 0 spiro atoms. The van der Waals surface area contributed by atoms with Crippen molar-refractivity contribution in [1.82, 2.24) is 0 Å². The lowest BCUT2D eigenvalue weighted by Crippen LogP contribution is -1.98. The summed E-state index contributed by atoms with van der Waals surface area (Å²) in [6.45, 7) is 4.81. The van der Waals surface area contributed by atoms with E-state index in [9.17, 15) is 5.11 Å². The monoisotopic (exact) mass is 264 g/mol. The maximum Gasteiger partial charge on any atom is 0.119 e. The Morgan fingerprint density at radius 3 is 2.11 bits per heavy atom. The van der Waals surface area contributed by atoms with Crippen molar-refractivity contribution in [3.8, 4) is 5.75 Å². The first-order valence-corrected chi connectivity index (χ1v) is 7.65. The Bertz CT molecular complexity index is 317. The van der Waals surface area contributed by atoms with Crippen LogP contribution in [0.4, 0.5) is 0 Å². The molecule has 1 atom stereocenters. The number of hydrogen-bond acceptors (Lipinski definition) is 2. The summed E-state index contributed by atoms with van der Waals surface area (Å²) in [7, 11) is 0. The summed E-state index contributed by atoms with van der Waals surface area (Å²) in [5.41, 5.74) is 0.934. The van der Waals surface area contributed by atoms with Crippen LogP contribution < -0.4 is 4.74 Å². The molecule has 19 heavy (non-hydrogen) atoms. The van der Waals surface area contributed by atoms with Gasteiger partial charge in [0.25, 0.3) is 0 Å². The first kappa shape index (κ1) is 16.0. The van der Waals surface area contributed by atoms with E-state index in [1.54, 1.807) is 6.92 Å². The van der Waals surface area contributed by atoms with Crippen LogP contribution in [0.15, 0.2) is 24.3 Å². The molecule has 2 heteroatoms. The number of ether oxygens (including phenoxy) is 1. The zero-order valence-corrected chi connectivity index (χ0v) is 12.4. The number of benzene rings is 1. The summed E-state index contributed by atoms with van der Waals surface area (Å²) in [5, 5.41) is 9.41. The molecular weight excluding hydrogens is 236 g/mol. The standard InChI is InChI=1S/C17H28O2/c1-3-4-5-6-7-8-9-14-19-17-12-10-16(11-13-17)15(2)18/h10-13,15,18H,3-9,14H2,1-2H3/t15-/m0/s1. The van der Waals surface area contributed by atoms with E-state index >= 15 is 0 Å². The van der Waals surface area contributed by atoms with Crippen molar-refractivity contribution >= 4 is 0 Å². The third-order valence-corrected chi connectivity index (χ3v) is 3.38. The highest BCUT2D eigenvalue weighted by Gasteiger charge is 2.00. The van der Waals surface area contributed by atoms with Crippen molar-refractivity contribution in [2.24, 2.45) is 0 Å². The lowest BCUT2D eigenvalue weighted by molar-refractivity contribution is 0.199. The number of hydrogen-bond donors (Lipinski definition) is 1. The number of aliphatic hydroxyl groups excluding tert-OH is 1. The smallest absolute Gasteiger partial charge is 0.119 e. The second-order valence-electron chi connectivity index (χ2n) is 5.21. The molecule has 0 saturated carbocycles. The molecule has 0 heterocycles. The highest BCUT2D eigenvalue weighted by atomic mass is 16.5. The van der Waals surface area contributed by atoms with Gasteiger partial charge in [-0.2, -0.15) is 0 Å². The normalized spacial score (nSPS) is 12.4. The van der Waals surface area contributed by atoms with Gasteiger partial charge in [-0.25, -0.2) is 0 Å². The Kier molecular flexibility index (Phi) is 8.31. The first-order valence-electron chi connectivity index (χ1n) is 7.65. The second-order valence-corrected chi connectivity index (χ2v) is 5.21. The van der Waals surface area contributed by atoms with Crippen LogP contribution >= 0.6 is 0 Å². The fourth-order valence-electron chi connectivity index (χ4n) is 2.09. The molecule has 0 aliphatic rings. The molecule has 0 fully saturated rings. The van der Waals surface area contributed by atoms with Gasteiger partial charge in [-0.1, -0.05) is 57.6 Å². The van der Waals surface area contributed by atoms with Crippen molar-refractivity contribution in [3.05, 3.63) is 29.8 Å². The average molecular weight is 264 g/mol. The van der Waals surface area contributed by atoms with Crippen LogP contribution in [0.1, 0.15) is 70.5 Å². The van der Waals surface area contributed by atoms with Gasteiger partial charge < -0.3 is 9.84 Å². The van der Waals surface area contributed by atoms with Crippen molar-refractivity contribution in [2.45, 2.75) is 64.9 Å². The lowest BCUT2D eigenvalue weighted by atomic mass is 10.1. The molecule has 1 aromatic carbocycles. The zero-order valence-electron chi connectivity index (χ0n) is 12.4. The quantitative estimate of drug-likeness (QED) is 0.611. The van der Waals surface area contributed by atoms with Gasteiger partial charge in [0.2, 0.25) is 0 Å². The van der Waals surface area contributed by atoms with Gasteiger partial charge in [0.1, 0.15) is 5.75 Å². The molecule has 0 unspecified atom stereocenters. The third-order valence-electron chi connectivity index (χ3n) is 3.38. The maximum absolute atomic E-state index is 9.41. The predicted octanol–water partition coefficient (Wildman–Crippen LogP) is 4.87. The molecule has 108 valence electrons. The van der Waals surface area contributed by atoms with Crippen LogP contribution in [0, 0.1) is 0 Å². The summed E-state index contributed by atoms with van der Waals surface area (Å²) < 4.78 is 5.69. The van der Waals surface area contributed by atoms with E-state index in [0.717, 1.165) is 24.3 Å². The fraction of sp³-hybridized carbons (Fsp3) is 0.647. The minimum atomic E-state index is -0.405. The summed E-state index contributed by atoms with van der Waals surface area (Å²) in [6, 6.07) is 7.71. The van der Waals surface area contributed by atoms with Gasteiger partial charge in [-0.05, 0) is 31.0 Å². The van der Waals surface area contributed by atoms with Crippen LogP contribution in [-0.4, -0.2) is 11.7 Å². The van der Waals surface area contributed by atoms with E-state index in [4.69, 9.17) is 4.74 Å². The van der Waals surface area contributed by atoms with Crippen molar-refractivity contribution in [3.63, 3.8) is 0 Å². The molecule has 2 nitrogen and oxygen atoms in total. The van der Waals surface area contributed by atoms with Gasteiger partial charge in [0.05, 0.1) is 12.7 Å². The topological polar surface area (TPSA) is 29.5 Å². The maximum atomic E-state index is 9.41. The second kappa shape index (κ2) is 9.85. The summed E-state index contributed by atoms with van der Waals surface area (Å²) in [6.07, 6.45) is 8.72. The highest BCUT2D eigenvalue weighted by Crippen LogP contribution is 2.17. The van der Waals surface area contributed by atoms with Crippen LogP contribution in [0.3, 0.4) is 0 Å². The largest absolute Gasteiger partial charge is 0.494 e. The molecule has 0 aromatic heterocycles. The number of rotatable bonds is 10. The van der Waals surface area contributed by atoms with Crippen molar-refractivity contribution in [1.29, 1.82) is 0 Å². The highest BCUT2D eigenvalue weighted by molar-refractivity contribution is 5.28. The van der Waals surface area contributed by atoms with E-state index in [-0.39, 0.29) is 0 Å². The van der Waals surface area contributed by atoms with Gasteiger partial charge >= 0.3 is 0 Å². The van der Waals surface area contributed by atoms with E-state index in [1.807, 2.05) is 24.3 Å². The predicted molar refractivity (Wildman–Crippen MR) is 80.6 cm³/mol. The number of aliphatic hydroxyl groups is 1. The Hall–Kier alpha value is -1.02. The Balaban J connectivity index is 2.06. The molecular formula is C17H28O2. The van der Waals surface area contributed by atoms with Gasteiger partial charge in [0.15, 0.2) is 0 Å². The molecule has 1 aromatic rings. The van der Waals surface area contributed by atoms with Gasteiger partial charge in [-0.15, -0.1) is 0 Å². The van der Waals surface area contributed by atoms with Crippen LogP contribution in [0.5, 0.6) is 5.75 Å². The summed E-state index contributed by atoms with van der Waals surface area (Å²) in [4.78, 5) is 0. The molecule has 0 amide bonds. The van der Waals surface area contributed by atoms with Gasteiger partial charge in [-0.3, -0.25) is 0 Å². The van der Waals surface area contributed by atoms with Crippen molar-refractivity contribution in [2.75, 3.05) is 6.61 Å². The summed E-state index contributed by atoms with van der Waals surface area (Å²) in [5.74, 6) is 0.899. The Morgan fingerprint density at radius 1 is 0.947 bits per heavy atom. The first-order chi connectivity index (χ1) is 9.24. The molecule has 0 aliphatic carbocycles. The van der Waals surface area contributed by atoms with Crippen LogP contribution in [-0.2, 0) is 0 Å². The molecule has 0 radical (unpaired) electrons. The number of unbranched alkanes of at least 4 members (excludes halogenated alkanes) is 6. The van der Waals surface area contributed by atoms with Gasteiger partial charge in [0, 0.05) is 0 Å². The van der Waals surface area contributed by atoms with E-state index in [0.29, 0.717) is 0 Å². The minimum Gasteiger partial charge on any atom is -0.494 e. The van der Waals surface area contributed by atoms with Crippen molar-refractivity contribution < 1.29 is 9.84 Å². The fourth-order valence-corrected chi connectivity index (χ4v) is 2.09. The van der Waals surface area contributed by atoms with Crippen LogP contribution in [0.2, 0.25) is 0 Å². The van der Waals surface area contributed by atoms with E-state index in [1.165, 1.54) is 38.5 Å². The van der Waals surface area contributed by atoms with E-state index in [2.05, 4.69) is 6.92 Å². The minimum absolute atomic E-state index is 0.405. The summed E-state index contributed by atoms with van der Waals surface area (Å²) >= 11 is 0.